The molecule has 0 aliphatic carbocycles. The fraction of sp³-hybridized carbons (Fsp3) is 0.778. The predicted octanol–water partition coefficient (Wildman–Crippen LogP) is 1.93. The number of carboxylic acids is 1. The Morgan fingerprint density at radius 3 is 2.05 bits per heavy atom. The molecule has 6 nitrogen and oxygen atoms in total. The van der Waals surface area contributed by atoms with Gasteiger partial charge in [-0.2, -0.15) is 22.0 Å². The van der Waals surface area contributed by atoms with Gasteiger partial charge in [-0.05, 0) is 23.3 Å². The molecule has 1 rings (SSSR count). The molecule has 11 heteroatoms. The van der Waals surface area contributed by atoms with Crippen molar-refractivity contribution in [3.8, 4) is 0 Å². The molecule has 0 radical (unpaired) electrons. The molecule has 0 bridgehead atoms. The highest BCUT2D eigenvalue weighted by atomic mass is 19.4. The quantitative estimate of drug-likeness (QED) is 0.841. The lowest BCUT2D eigenvalue weighted by Crippen LogP contribution is -2.46. The minimum atomic E-state index is -5.93. The third kappa shape index (κ3) is 2.20. The van der Waals surface area contributed by atoms with Gasteiger partial charge in [-0.1, -0.05) is 13.8 Å². The van der Waals surface area contributed by atoms with Crippen LogP contribution < -0.4 is 0 Å². The normalized spacial score (nSPS) is 13.6. The van der Waals surface area contributed by atoms with E-state index in [1.165, 1.54) is 13.8 Å². The lowest BCUT2D eigenvalue weighted by molar-refractivity contribution is -0.294. The summed E-state index contributed by atoms with van der Waals surface area (Å²) in [5.41, 5.74) is -2.06. The van der Waals surface area contributed by atoms with Gasteiger partial charge in [0.05, 0.1) is 0 Å². The lowest BCUT2D eigenvalue weighted by atomic mass is 9.93. The summed E-state index contributed by atoms with van der Waals surface area (Å²) in [5.74, 6) is -8.77. The highest BCUT2D eigenvalue weighted by Gasteiger charge is 2.63. The molecule has 20 heavy (non-hydrogen) atoms. The maximum absolute atomic E-state index is 13.3. The topological polar surface area (TPSA) is 80.9 Å². The second-order valence-corrected chi connectivity index (χ2v) is 4.03. The van der Waals surface area contributed by atoms with E-state index in [4.69, 9.17) is 5.11 Å². The number of alkyl halides is 5. The molecule has 114 valence electrons. The van der Waals surface area contributed by atoms with Gasteiger partial charge in [0.2, 0.25) is 5.82 Å². The molecule has 0 unspecified atom stereocenters. The molecule has 0 aliphatic heterocycles. The Bertz CT molecular complexity index is 495. The van der Waals surface area contributed by atoms with Crippen LogP contribution in [0.15, 0.2) is 0 Å². The fourth-order valence-electron chi connectivity index (χ4n) is 1.74. The van der Waals surface area contributed by atoms with Gasteiger partial charge >= 0.3 is 18.1 Å². The number of rotatable bonds is 5. The van der Waals surface area contributed by atoms with Crippen LogP contribution in [0.2, 0.25) is 0 Å². The van der Waals surface area contributed by atoms with E-state index in [0.717, 1.165) is 0 Å². The molecule has 0 atom stereocenters. The fourth-order valence-corrected chi connectivity index (χ4v) is 1.74. The maximum Gasteiger partial charge on any atom is 0.461 e. The molecule has 1 aromatic heterocycles. The summed E-state index contributed by atoms with van der Waals surface area (Å²) in [6.45, 7) is 2.66. The third-order valence-corrected chi connectivity index (χ3v) is 3.08. The van der Waals surface area contributed by atoms with Gasteiger partial charge < -0.3 is 5.11 Å². The number of tetrazole rings is 1. The minimum absolute atomic E-state index is 0.0445. The molecule has 1 N–H and O–H groups in total. The molecule has 1 heterocycles. The largest absolute Gasteiger partial charge is 0.479 e. The number of carboxylic acid groups (broad SMARTS) is 1. The summed E-state index contributed by atoms with van der Waals surface area (Å²) in [5, 5.41) is 17.6. The highest BCUT2D eigenvalue weighted by Crippen LogP contribution is 2.44. The first-order valence-corrected chi connectivity index (χ1v) is 5.51. The molecular formula is C9H11F5N4O2. The number of carbonyl (C=O) groups is 1. The number of halogens is 5. The molecular weight excluding hydrogens is 291 g/mol. The van der Waals surface area contributed by atoms with Crippen LogP contribution in [0.25, 0.3) is 0 Å². The Morgan fingerprint density at radius 2 is 1.70 bits per heavy atom. The standard InChI is InChI=1S/C9H11F5N4O2/c1-3-7(4-2,6(19)20)18-5(15-16-17-18)8(10,11)9(12,13)14/h3-4H2,1-2H3,(H,19,20). The smallest absolute Gasteiger partial charge is 0.461 e. The van der Waals surface area contributed by atoms with Crippen molar-refractivity contribution in [2.75, 3.05) is 0 Å². The predicted molar refractivity (Wildman–Crippen MR) is 54.0 cm³/mol. The van der Waals surface area contributed by atoms with E-state index in [0.29, 0.717) is 0 Å². The second kappa shape index (κ2) is 4.94. The molecule has 0 saturated heterocycles. The molecule has 0 aromatic carbocycles. The average molecular weight is 302 g/mol. The number of aliphatic carboxylic acids is 1. The van der Waals surface area contributed by atoms with Crippen LogP contribution >= 0.6 is 0 Å². The number of hydrogen-bond acceptors (Lipinski definition) is 4. The number of aromatic nitrogens is 4. The van der Waals surface area contributed by atoms with Crippen molar-refractivity contribution in [1.29, 1.82) is 0 Å². The van der Waals surface area contributed by atoms with Gasteiger partial charge in [0, 0.05) is 0 Å². The van der Waals surface area contributed by atoms with Gasteiger partial charge in [0.1, 0.15) is 0 Å². The molecule has 0 aliphatic rings. The van der Waals surface area contributed by atoms with Crippen LogP contribution in [0.3, 0.4) is 0 Å². The van der Waals surface area contributed by atoms with Crippen molar-refractivity contribution in [1.82, 2.24) is 20.2 Å². The first kappa shape index (κ1) is 16.2. The molecule has 1 aromatic rings. The Balaban J connectivity index is 3.52. The Labute approximate surface area is 109 Å². The second-order valence-electron chi connectivity index (χ2n) is 4.03. The van der Waals surface area contributed by atoms with Crippen molar-refractivity contribution >= 4 is 5.97 Å². The van der Waals surface area contributed by atoms with Crippen molar-refractivity contribution in [2.45, 2.75) is 44.3 Å². The van der Waals surface area contributed by atoms with Crippen molar-refractivity contribution < 1.29 is 31.9 Å². The maximum atomic E-state index is 13.3. The zero-order valence-corrected chi connectivity index (χ0v) is 10.4. The summed E-state index contributed by atoms with van der Waals surface area (Å²) in [6, 6.07) is 0. The number of hydrogen-bond donors (Lipinski definition) is 1. The first-order chi connectivity index (χ1) is 9.04. The van der Waals surface area contributed by atoms with Crippen molar-refractivity contribution in [3.05, 3.63) is 5.82 Å². The van der Waals surface area contributed by atoms with Gasteiger partial charge in [0.15, 0.2) is 5.54 Å². The van der Waals surface area contributed by atoms with Gasteiger partial charge in [-0.15, -0.1) is 5.10 Å². The van der Waals surface area contributed by atoms with Crippen LogP contribution in [-0.4, -0.2) is 37.5 Å². The Morgan fingerprint density at radius 1 is 1.20 bits per heavy atom. The van der Waals surface area contributed by atoms with Crippen molar-refractivity contribution in [2.24, 2.45) is 0 Å². The van der Waals surface area contributed by atoms with Gasteiger partial charge in [-0.3, -0.25) is 0 Å². The monoisotopic (exact) mass is 302 g/mol. The summed E-state index contributed by atoms with van der Waals surface area (Å²) in [6.07, 6.45) is -6.44. The minimum Gasteiger partial charge on any atom is -0.479 e. The van der Waals surface area contributed by atoms with E-state index >= 15 is 0 Å². The first-order valence-electron chi connectivity index (χ1n) is 5.51. The number of nitrogens with zero attached hydrogens (tertiary/aromatic N) is 4. The summed E-state index contributed by atoms with van der Waals surface area (Å²) in [7, 11) is 0. The Kier molecular flexibility index (Phi) is 4.02. The average Bonchev–Trinajstić information content (AvgIpc) is 2.79. The van der Waals surface area contributed by atoms with E-state index < -0.39 is 29.4 Å². The van der Waals surface area contributed by atoms with E-state index in [1.807, 2.05) is 0 Å². The van der Waals surface area contributed by atoms with Crippen LogP contribution in [0.4, 0.5) is 22.0 Å². The molecule has 0 saturated carbocycles. The summed E-state index contributed by atoms with van der Waals surface area (Å²) >= 11 is 0. The Hall–Kier alpha value is -1.81. The molecule has 0 fully saturated rings. The van der Waals surface area contributed by atoms with E-state index in [2.05, 4.69) is 15.5 Å². The van der Waals surface area contributed by atoms with E-state index in [9.17, 15) is 26.7 Å². The van der Waals surface area contributed by atoms with Crippen LogP contribution in [0.5, 0.6) is 0 Å². The van der Waals surface area contributed by atoms with Crippen LogP contribution in [0.1, 0.15) is 32.5 Å². The highest BCUT2D eigenvalue weighted by molar-refractivity contribution is 5.76. The van der Waals surface area contributed by atoms with Crippen LogP contribution in [0, 0.1) is 0 Å². The third-order valence-electron chi connectivity index (χ3n) is 3.08. The van der Waals surface area contributed by atoms with Gasteiger partial charge in [-0.25, -0.2) is 9.48 Å². The summed E-state index contributed by atoms with van der Waals surface area (Å²) in [4.78, 5) is 11.3. The zero-order valence-electron chi connectivity index (χ0n) is 10.4. The SMILES string of the molecule is CCC(CC)(C(=O)O)n1nnnc1C(F)(F)C(F)(F)F. The van der Waals surface area contributed by atoms with Gasteiger partial charge in [0.25, 0.3) is 0 Å². The lowest BCUT2D eigenvalue weighted by Gasteiger charge is -2.29. The van der Waals surface area contributed by atoms with E-state index in [1.54, 1.807) is 0 Å². The molecule has 0 amide bonds. The van der Waals surface area contributed by atoms with E-state index in [-0.39, 0.29) is 17.5 Å². The molecule has 0 spiro atoms. The summed E-state index contributed by atoms with van der Waals surface area (Å²) < 4.78 is 63.8. The van der Waals surface area contributed by atoms with Crippen molar-refractivity contribution in [3.63, 3.8) is 0 Å². The van der Waals surface area contributed by atoms with Crippen LogP contribution in [-0.2, 0) is 16.3 Å². The zero-order chi connectivity index (χ0) is 15.8.